The Bertz CT molecular complexity index is 339. The molecule has 116 valence electrons. The Morgan fingerprint density at radius 3 is 2.15 bits per heavy atom. The maximum atomic E-state index is 12.7. The molecule has 1 aliphatic carbocycles. The number of rotatable bonds is 8. The summed E-state index contributed by atoms with van der Waals surface area (Å²) in [6, 6.07) is 0. The van der Waals surface area contributed by atoms with E-state index in [9.17, 15) is 9.59 Å². The molecule has 0 aromatic rings. The fourth-order valence-corrected chi connectivity index (χ4v) is 3.06. The van der Waals surface area contributed by atoms with Gasteiger partial charge in [-0.1, -0.05) is 59.8 Å². The molecule has 3 heteroatoms. The van der Waals surface area contributed by atoms with Gasteiger partial charge in [-0.3, -0.25) is 9.59 Å². The molecule has 20 heavy (non-hydrogen) atoms. The van der Waals surface area contributed by atoms with E-state index in [1.165, 1.54) is 19.3 Å². The number of primary amides is 1. The van der Waals surface area contributed by atoms with Gasteiger partial charge in [0.05, 0.1) is 0 Å². The van der Waals surface area contributed by atoms with E-state index >= 15 is 0 Å². The predicted octanol–water partition coefficient (Wildman–Crippen LogP) is 3.70. The van der Waals surface area contributed by atoms with Crippen LogP contribution >= 0.6 is 0 Å². The van der Waals surface area contributed by atoms with Crippen molar-refractivity contribution in [3.8, 4) is 0 Å². The van der Waals surface area contributed by atoms with Crippen molar-refractivity contribution in [3.63, 3.8) is 0 Å². The van der Waals surface area contributed by atoms with Crippen LogP contribution in [0.15, 0.2) is 0 Å². The monoisotopic (exact) mass is 281 g/mol. The van der Waals surface area contributed by atoms with Gasteiger partial charge >= 0.3 is 0 Å². The molecule has 1 rings (SSSR count). The zero-order chi connectivity index (χ0) is 15.3. The first-order chi connectivity index (χ1) is 9.27. The molecule has 3 nitrogen and oxygen atoms in total. The highest BCUT2D eigenvalue weighted by Gasteiger charge is 2.39. The average molecular weight is 281 g/mol. The van der Waals surface area contributed by atoms with E-state index in [1.54, 1.807) is 0 Å². The summed E-state index contributed by atoms with van der Waals surface area (Å²) >= 11 is 0. The van der Waals surface area contributed by atoms with Gasteiger partial charge in [-0.2, -0.15) is 0 Å². The van der Waals surface area contributed by atoms with E-state index < -0.39 is 5.41 Å². The number of hydrogen-bond donors (Lipinski definition) is 1. The van der Waals surface area contributed by atoms with Crippen LogP contribution in [0.4, 0.5) is 0 Å². The third kappa shape index (κ3) is 4.60. The quantitative estimate of drug-likeness (QED) is 0.737. The summed E-state index contributed by atoms with van der Waals surface area (Å²) in [5.41, 5.74) is 5.21. The van der Waals surface area contributed by atoms with Gasteiger partial charge in [0.25, 0.3) is 0 Å². The first kappa shape index (κ1) is 17.2. The van der Waals surface area contributed by atoms with Crippen molar-refractivity contribution < 1.29 is 9.59 Å². The van der Waals surface area contributed by atoms with Gasteiger partial charge in [-0.05, 0) is 18.8 Å². The topological polar surface area (TPSA) is 60.2 Å². The highest BCUT2D eigenvalue weighted by atomic mass is 16.1. The first-order valence-corrected chi connectivity index (χ1v) is 8.11. The van der Waals surface area contributed by atoms with Crippen molar-refractivity contribution in [2.45, 2.75) is 72.6 Å². The number of ketones is 1. The molecule has 0 aromatic heterocycles. The molecule has 1 aliphatic rings. The second kappa shape index (κ2) is 7.24. The zero-order valence-electron chi connectivity index (χ0n) is 13.6. The Kier molecular flexibility index (Phi) is 6.22. The number of Topliss-reactive ketones (excluding diaryl/α,β-unsaturated/α-hetero) is 1. The van der Waals surface area contributed by atoms with Crippen LogP contribution in [0.5, 0.6) is 0 Å². The summed E-state index contributed by atoms with van der Waals surface area (Å²) in [5.74, 6) is 0.0890. The van der Waals surface area contributed by atoms with Gasteiger partial charge in [-0.25, -0.2) is 0 Å². The van der Waals surface area contributed by atoms with Crippen molar-refractivity contribution in [3.05, 3.63) is 0 Å². The molecular formula is C17H31NO2. The summed E-state index contributed by atoms with van der Waals surface area (Å²) in [7, 11) is 0. The number of nitrogens with two attached hydrogens (primary N) is 1. The molecule has 0 heterocycles. The van der Waals surface area contributed by atoms with E-state index in [-0.39, 0.29) is 23.5 Å². The minimum Gasteiger partial charge on any atom is -0.369 e. The lowest BCUT2D eigenvalue weighted by molar-refractivity contribution is -0.138. The van der Waals surface area contributed by atoms with Gasteiger partial charge in [-0.15, -0.1) is 0 Å². The Morgan fingerprint density at radius 1 is 1.20 bits per heavy atom. The number of amides is 1. The Morgan fingerprint density at radius 2 is 1.80 bits per heavy atom. The standard InChI is InChI=1S/C17H31NO2/c1-5-6-10-13(16(18)20)14(11-12-8-7-9-12)15(19)17(2,3)4/h12-14H,5-11H2,1-4H3,(H2,18,20)/t13-,14+/m0/s1. The van der Waals surface area contributed by atoms with E-state index in [4.69, 9.17) is 5.73 Å². The van der Waals surface area contributed by atoms with E-state index in [0.717, 1.165) is 25.7 Å². The number of hydrogen-bond acceptors (Lipinski definition) is 2. The Hall–Kier alpha value is -0.860. The highest BCUT2D eigenvalue weighted by Crippen LogP contribution is 2.38. The maximum absolute atomic E-state index is 12.7. The second-order valence-corrected chi connectivity index (χ2v) is 7.40. The van der Waals surface area contributed by atoms with Gasteiger partial charge in [0, 0.05) is 17.3 Å². The summed E-state index contributed by atoms with van der Waals surface area (Å²) < 4.78 is 0. The third-order valence-electron chi connectivity index (χ3n) is 4.61. The average Bonchev–Trinajstić information content (AvgIpc) is 2.28. The number of carbonyl (C=O) groups excluding carboxylic acids is 2. The zero-order valence-corrected chi connectivity index (χ0v) is 13.6. The molecule has 0 radical (unpaired) electrons. The van der Waals surface area contributed by atoms with Crippen molar-refractivity contribution >= 4 is 11.7 Å². The molecule has 0 spiro atoms. The van der Waals surface area contributed by atoms with Crippen LogP contribution in [0, 0.1) is 23.2 Å². The van der Waals surface area contributed by atoms with Crippen molar-refractivity contribution in [2.75, 3.05) is 0 Å². The van der Waals surface area contributed by atoms with Crippen molar-refractivity contribution in [1.29, 1.82) is 0 Å². The smallest absolute Gasteiger partial charge is 0.221 e. The normalized spacial score (nSPS) is 19.2. The van der Waals surface area contributed by atoms with Crippen LogP contribution < -0.4 is 5.73 Å². The molecule has 1 fully saturated rings. The summed E-state index contributed by atoms with van der Waals surface area (Å²) in [6.45, 7) is 7.94. The number of carbonyl (C=O) groups is 2. The summed E-state index contributed by atoms with van der Waals surface area (Å²) in [5, 5.41) is 0. The molecule has 0 unspecified atom stereocenters. The minimum absolute atomic E-state index is 0.177. The van der Waals surface area contributed by atoms with Gasteiger partial charge < -0.3 is 5.73 Å². The molecule has 1 saturated carbocycles. The number of unbranched alkanes of at least 4 members (excludes halogenated alkanes) is 1. The van der Waals surface area contributed by atoms with E-state index in [0.29, 0.717) is 5.92 Å². The molecule has 0 bridgehead atoms. The maximum Gasteiger partial charge on any atom is 0.221 e. The van der Waals surface area contributed by atoms with Crippen LogP contribution in [-0.4, -0.2) is 11.7 Å². The van der Waals surface area contributed by atoms with Gasteiger partial charge in [0.1, 0.15) is 5.78 Å². The van der Waals surface area contributed by atoms with Crippen LogP contribution in [0.25, 0.3) is 0 Å². The molecule has 0 aromatic carbocycles. The second-order valence-electron chi connectivity index (χ2n) is 7.40. The fraction of sp³-hybridized carbons (Fsp3) is 0.882. The third-order valence-corrected chi connectivity index (χ3v) is 4.61. The molecule has 2 N–H and O–H groups in total. The van der Waals surface area contributed by atoms with Crippen molar-refractivity contribution in [1.82, 2.24) is 0 Å². The highest BCUT2D eigenvalue weighted by molar-refractivity contribution is 5.91. The first-order valence-electron chi connectivity index (χ1n) is 8.11. The van der Waals surface area contributed by atoms with Crippen molar-refractivity contribution in [2.24, 2.45) is 28.9 Å². The van der Waals surface area contributed by atoms with E-state index in [1.807, 2.05) is 20.8 Å². The lowest BCUT2D eigenvalue weighted by Crippen LogP contribution is -2.41. The molecule has 1 amide bonds. The Labute approximate surface area is 123 Å². The molecule has 2 atom stereocenters. The Balaban J connectivity index is 2.86. The van der Waals surface area contributed by atoms with Gasteiger partial charge in [0.2, 0.25) is 5.91 Å². The molecule has 0 aliphatic heterocycles. The van der Waals surface area contributed by atoms with E-state index in [2.05, 4.69) is 6.92 Å². The van der Waals surface area contributed by atoms with Crippen LogP contribution in [0.1, 0.15) is 72.6 Å². The van der Waals surface area contributed by atoms with Crippen LogP contribution in [0.3, 0.4) is 0 Å². The predicted molar refractivity (Wildman–Crippen MR) is 82.1 cm³/mol. The summed E-state index contributed by atoms with van der Waals surface area (Å²) in [6.07, 6.45) is 7.27. The van der Waals surface area contributed by atoms with Crippen LogP contribution in [-0.2, 0) is 9.59 Å². The largest absolute Gasteiger partial charge is 0.369 e. The molecular weight excluding hydrogens is 250 g/mol. The summed E-state index contributed by atoms with van der Waals surface area (Å²) in [4.78, 5) is 24.6. The SMILES string of the molecule is CCCC[C@H](C(N)=O)[C@@H](CC1CCC1)C(=O)C(C)(C)C. The van der Waals surface area contributed by atoms with Gasteiger partial charge in [0.15, 0.2) is 0 Å². The minimum atomic E-state index is -0.395. The fourth-order valence-electron chi connectivity index (χ4n) is 3.06. The lowest BCUT2D eigenvalue weighted by atomic mass is 9.68. The molecule has 0 saturated heterocycles. The van der Waals surface area contributed by atoms with Crippen LogP contribution in [0.2, 0.25) is 0 Å². The lowest BCUT2D eigenvalue weighted by Gasteiger charge is -2.35.